The molecule has 0 saturated heterocycles. The summed E-state index contributed by atoms with van der Waals surface area (Å²) >= 11 is 1.24. The molecule has 0 fully saturated rings. The number of hydrogen-bond donors (Lipinski definition) is 1. The number of anilines is 1. The van der Waals surface area contributed by atoms with Crippen molar-refractivity contribution in [1.82, 2.24) is 0 Å². The highest BCUT2D eigenvalue weighted by atomic mass is 32.1. The predicted octanol–water partition coefficient (Wildman–Crippen LogP) is 3.79. The smallest absolute Gasteiger partial charge is 0.341 e. The minimum absolute atomic E-state index is 0.0236. The number of benzene rings is 1. The van der Waals surface area contributed by atoms with Gasteiger partial charge in [-0.3, -0.25) is 4.79 Å². The van der Waals surface area contributed by atoms with Crippen LogP contribution in [0.25, 0.3) is 0 Å². The number of esters is 2. The molecule has 148 valence electrons. The summed E-state index contributed by atoms with van der Waals surface area (Å²) in [6.45, 7) is 6.97. The first-order valence-electron chi connectivity index (χ1n) is 8.76. The number of ether oxygens (including phenoxy) is 2. The summed E-state index contributed by atoms with van der Waals surface area (Å²) < 4.78 is 24.0. The van der Waals surface area contributed by atoms with E-state index in [2.05, 4.69) is 5.32 Å². The first-order chi connectivity index (χ1) is 13.2. The van der Waals surface area contributed by atoms with Crippen molar-refractivity contribution in [1.29, 1.82) is 0 Å². The van der Waals surface area contributed by atoms with Crippen molar-refractivity contribution in [3.05, 3.63) is 51.1 Å². The molecule has 1 N–H and O–H groups in total. The molecule has 0 bridgehead atoms. The van der Waals surface area contributed by atoms with E-state index >= 15 is 0 Å². The van der Waals surface area contributed by atoms with Crippen LogP contribution < -0.4 is 5.32 Å². The Morgan fingerprint density at radius 2 is 2.07 bits per heavy atom. The molecule has 28 heavy (non-hydrogen) atoms. The van der Waals surface area contributed by atoms with Gasteiger partial charge in [0.15, 0.2) is 5.60 Å². The lowest BCUT2D eigenvalue weighted by molar-refractivity contribution is -0.134. The summed E-state index contributed by atoms with van der Waals surface area (Å²) in [6.07, 6.45) is 0.0236. The second-order valence-electron chi connectivity index (χ2n) is 6.76. The molecule has 1 aliphatic heterocycles. The van der Waals surface area contributed by atoms with Gasteiger partial charge in [-0.2, -0.15) is 0 Å². The Kier molecular flexibility index (Phi) is 5.25. The fraction of sp³-hybridized carbons (Fsp3) is 0.350. The summed E-state index contributed by atoms with van der Waals surface area (Å²) in [5, 5.41) is 3.03. The number of amides is 1. The molecule has 1 atom stereocenters. The van der Waals surface area contributed by atoms with Crippen LogP contribution in [-0.2, 0) is 20.7 Å². The molecule has 2 heterocycles. The number of fused-ring (bicyclic) bond motifs is 1. The minimum Gasteiger partial charge on any atom is -0.462 e. The molecule has 1 unspecified atom stereocenters. The zero-order valence-corrected chi connectivity index (χ0v) is 16.8. The van der Waals surface area contributed by atoms with Gasteiger partial charge >= 0.3 is 11.9 Å². The molecule has 0 aliphatic carbocycles. The number of carbonyl (C=O) groups is 3. The molecule has 0 spiro atoms. The lowest BCUT2D eigenvalue weighted by Gasteiger charge is -2.33. The van der Waals surface area contributed by atoms with Crippen LogP contribution in [0.1, 0.15) is 50.6 Å². The number of hydrogen-bond acceptors (Lipinski definition) is 6. The minimum atomic E-state index is -1.53. The van der Waals surface area contributed by atoms with E-state index in [9.17, 15) is 18.8 Å². The maximum absolute atomic E-state index is 13.6. The average molecular weight is 405 g/mol. The largest absolute Gasteiger partial charge is 0.462 e. The third-order valence-corrected chi connectivity index (χ3v) is 5.83. The number of cyclic esters (lactones) is 1. The van der Waals surface area contributed by atoms with Crippen molar-refractivity contribution in [2.24, 2.45) is 0 Å². The molecular formula is C20H20FNO5S. The van der Waals surface area contributed by atoms with E-state index in [0.717, 1.165) is 10.4 Å². The van der Waals surface area contributed by atoms with Crippen LogP contribution >= 0.6 is 11.3 Å². The fourth-order valence-electron chi connectivity index (χ4n) is 3.09. The lowest BCUT2D eigenvalue weighted by Crippen LogP contribution is -2.49. The zero-order valence-electron chi connectivity index (χ0n) is 16.0. The highest BCUT2D eigenvalue weighted by molar-refractivity contribution is 7.16. The molecule has 6 nitrogen and oxygen atoms in total. The molecular weight excluding hydrogens is 385 g/mol. The number of carbonyl (C=O) groups excluding carboxylic acids is 3. The highest BCUT2D eigenvalue weighted by Gasteiger charge is 2.43. The second kappa shape index (κ2) is 7.35. The van der Waals surface area contributed by atoms with Crippen molar-refractivity contribution in [3.8, 4) is 0 Å². The van der Waals surface area contributed by atoms with Crippen LogP contribution in [0.4, 0.5) is 9.39 Å². The van der Waals surface area contributed by atoms with Gasteiger partial charge in [-0.15, -0.1) is 11.3 Å². The zero-order chi connectivity index (χ0) is 20.6. The third-order valence-electron chi connectivity index (χ3n) is 4.71. The van der Waals surface area contributed by atoms with Crippen molar-refractivity contribution in [3.63, 3.8) is 0 Å². The van der Waals surface area contributed by atoms with Gasteiger partial charge in [0.05, 0.1) is 17.7 Å². The molecule has 2 aromatic rings. The Morgan fingerprint density at radius 1 is 1.36 bits per heavy atom. The van der Waals surface area contributed by atoms with Gasteiger partial charge in [-0.05, 0) is 57.0 Å². The Labute approximate surface area is 165 Å². The number of rotatable bonds is 4. The van der Waals surface area contributed by atoms with Crippen molar-refractivity contribution >= 4 is 34.2 Å². The van der Waals surface area contributed by atoms with E-state index in [1.165, 1.54) is 36.5 Å². The summed E-state index contributed by atoms with van der Waals surface area (Å²) in [6, 6.07) is 3.74. The van der Waals surface area contributed by atoms with Gasteiger partial charge in [-0.1, -0.05) is 0 Å². The first kappa shape index (κ1) is 20.0. The fourth-order valence-corrected chi connectivity index (χ4v) is 4.14. The highest BCUT2D eigenvalue weighted by Crippen LogP contribution is 2.35. The summed E-state index contributed by atoms with van der Waals surface area (Å²) in [5.74, 6) is -2.31. The monoisotopic (exact) mass is 405 g/mol. The van der Waals surface area contributed by atoms with Gasteiger partial charge in [0.1, 0.15) is 10.8 Å². The van der Waals surface area contributed by atoms with Crippen LogP contribution in [-0.4, -0.2) is 30.1 Å². The quantitative estimate of drug-likeness (QED) is 0.783. The van der Waals surface area contributed by atoms with E-state index in [-0.39, 0.29) is 24.2 Å². The molecule has 1 aromatic heterocycles. The van der Waals surface area contributed by atoms with Crippen LogP contribution in [0.15, 0.2) is 18.2 Å². The number of aryl methyl sites for hydroxylation is 1. The summed E-state index contributed by atoms with van der Waals surface area (Å²) in [7, 11) is 0. The SMILES string of the molecule is CCOC(=O)c1c(NC(=O)C2(C)Cc3cc(F)ccc3C(=O)O2)sc(C)c1C. The third kappa shape index (κ3) is 3.52. The summed E-state index contributed by atoms with van der Waals surface area (Å²) in [4.78, 5) is 38.4. The van der Waals surface area contributed by atoms with Crippen LogP contribution in [0, 0.1) is 19.7 Å². The van der Waals surface area contributed by atoms with Crippen LogP contribution in [0.5, 0.6) is 0 Å². The first-order valence-corrected chi connectivity index (χ1v) is 9.58. The van der Waals surface area contributed by atoms with E-state index in [0.29, 0.717) is 10.6 Å². The van der Waals surface area contributed by atoms with Crippen molar-refractivity contribution in [2.75, 3.05) is 11.9 Å². The molecule has 3 rings (SSSR count). The van der Waals surface area contributed by atoms with E-state index < -0.39 is 29.3 Å². The van der Waals surface area contributed by atoms with E-state index in [1.807, 2.05) is 6.92 Å². The Hall–Kier alpha value is -2.74. The normalized spacial score (nSPS) is 18.2. The van der Waals surface area contributed by atoms with Gasteiger partial charge in [-0.25, -0.2) is 14.0 Å². The second-order valence-corrected chi connectivity index (χ2v) is 7.99. The average Bonchev–Trinajstić information content (AvgIpc) is 2.88. The maximum atomic E-state index is 13.6. The van der Waals surface area contributed by atoms with Crippen LogP contribution in [0.3, 0.4) is 0 Å². The van der Waals surface area contributed by atoms with Gasteiger partial charge < -0.3 is 14.8 Å². The van der Waals surface area contributed by atoms with Gasteiger partial charge in [0.25, 0.3) is 5.91 Å². The van der Waals surface area contributed by atoms with Crippen molar-refractivity contribution < 1.29 is 28.2 Å². The standard InChI is InChI=1S/C20H20FNO5S/c1-5-26-18(24)15-10(2)11(3)28-16(15)22-19(25)20(4)9-12-8-13(21)6-7-14(12)17(23)27-20/h6-8H,5,9H2,1-4H3,(H,22,25). The lowest BCUT2D eigenvalue weighted by atomic mass is 9.89. The molecule has 1 amide bonds. The summed E-state index contributed by atoms with van der Waals surface area (Å²) in [5.41, 5.74) is 0.113. The Balaban J connectivity index is 1.91. The van der Waals surface area contributed by atoms with E-state index in [4.69, 9.17) is 9.47 Å². The Morgan fingerprint density at radius 3 is 2.75 bits per heavy atom. The van der Waals surface area contributed by atoms with E-state index in [1.54, 1.807) is 13.8 Å². The molecule has 1 aliphatic rings. The predicted molar refractivity (Wildman–Crippen MR) is 102 cm³/mol. The van der Waals surface area contributed by atoms with Crippen LogP contribution in [0.2, 0.25) is 0 Å². The van der Waals surface area contributed by atoms with Gasteiger partial charge in [0.2, 0.25) is 0 Å². The number of halogens is 1. The molecule has 0 saturated carbocycles. The van der Waals surface area contributed by atoms with Gasteiger partial charge in [0, 0.05) is 11.3 Å². The van der Waals surface area contributed by atoms with Crippen molar-refractivity contribution in [2.45, 2.75) is 39.7 Å². The molecule has 8 heteroatoms. The number of nitrogens with one attached hydrogen (secondary N) is 1. The number of thiophene rings is 1. The topological polar surface area (TPSA) is 81.7 Å². The maximum Gasteiger partial charge on any atom is 0.341 e. The Bertz CT molecular complexity index is 983. The molecule has 0 radical (unpaired) electrons. The molecule has 1 aromatic carbocycles.